The SMILES string of the molecule is Cc1cc(Cl)ccc1NC(=O)C1=C(c2ccccc2)c2cc(Cl)ccc2N(C)S1(=O)=O. The van der Waals surface area contributed by atoms with Crippen molar-refractivity contribution >= 4 is 56.1 Å². The minimum Gasteiger partial charge on any atom is -0.321 e. The van der Waals surface area contributed by atoms with Gasteiger partial charge in [0.2, 0.25) is 0 Å². The molecule has 0 fully saturated rings. The maximum Gasteiger partial charge on any atom is 0.270 e. The van der Waals surface area contributed by atoms with E-state index in [1.165, 1.54) is 7.05 Å². The minimum absolute atomic E-state index is 0.306. The van der Waals surface area contributed by atoms with Gasteiger partial charge in [-0.2, -0.15) is 0 Å². The summed E-state index contributed by atoms with van der Waals surface area (Å²) in [7, 11) is -2.71. The van der Waals surface area contributed by atoms with E-state index >= 15 is 0 Å². The maximum atomic E-state index is 13.5. The number of nitrogens with one attached hydrogen (secondary N) is 1. The standard InChI is InChI=1S/C23H18Cl2N2O3S/c1-14-12-16(24)8-10-19(14)26-23(28)22-21(15-6-4-3-5-7-15)18-13-17(25)9-11-20(18)27(2)31(22,29)30/h3-13H,1-2H3,(H,26,28). The van der Waals surface area contributed by atoms with Crippen LogP contribution in [0.15, 0.2) is 71.6 Å². The van der Waals surface area contributed by atoms with Crippen LogP contribution in [0.1, 0.15) is 16.7 Å². The van der Waals surface area contributed by atoms with Crippen molar-refractivity contribution in [3.8, 4) is 0 Å². The highest BCUT2D eigenvalue weighted by molar-refractivity contribution is 7.97. The Morgan fingerprint density at radius 1 is 0.935 bits per heavy atom. The highest BCUT2D eigenvalue weighted by atomic mass is 35.5. The molecule has 0 aromatic heterocycles. The zero-order valence-electron chi connectivity index (χ0n) is 16.7. The Hall–Kier alpha value is -2.80. The van der Waals surface area contributed by atoms with Crippen LogP contribution in [-0.2, 0) is 14.8 Å². The van der Waals surface area contributed by atoms with Gasteiger partial charge in [-0.05, 0) is 54.4 Å². The number of nitrogens with zero attached hydrogens (tertiary/aromatic N) is 1. The van der Waals surface area contributed by atoms with Crippen LogP contribution in [-0.4, -0.2) is 21.4 Å². The zero-order valence-corrected chi connectivity index (χ0v) is 19.0. The average Bonchev–Trinajstić information content (AvgIpc) is 2.73. The minimum atomic E-state index is -4.13. The van der Waals surface area contributed by atoms with Gasteiger partial charge in [-0.25, -0.2) is 8.42 Å². The summed E-state index contributed by atoms with van der Waals surface area (Å²) in [5.74, 6) is -0.734. The number of carbonyl (C=O) groups excluding carboxylic acids is 1. The van der Waals surface area contributed by atoms with Gasteiger partial charge in [0.15, 0.2) is 4.91 Å². The van der Waals surface area contributed by atoms with Crippen molar-refractivity contribution in [1.82, 2.24) is 0 Å². The predicted octanol–water partition coefficient (Wildman–Crippen LogP) is 5.48. The van der Waals surface area contributed by atoms with Gasteiger partial charge in [-0.3, -0.25) is 9.10 Å². The molecule has 8 heteroatoms. The molecule has 5 nitrogen and oxygen atoms in total. The summed E-state index contributed by atoms with van der Waals surface area (Å²) in [5, 5.41) is 3.69. The van der Waals surface area contributed by atoms with E-state index in [2.05, 4.69) is 5.32 Å². The fourth-order valence-corrected chi connectivity index (χ4v) is 5.43. The van der Waals surface area contributed by atoms with Crippen LogP contribution >= 0.6 is 23.2 Å². The topological polar surface area (TPSA) is 66.5 Å². The van der Waals surface area contributed by atoms with Gasteiger partial charge in [0.25, 0.3) is 15.9 Å². The monoisotopic (exact) mass is 472 g/mol. The quantitative estimate of drug-likeness (QED) is 0.548. The molecule has 158 valence electrons. The summed E-state index contributed by atoms with van der Waals surface area (Å²) in [6.45, 7) is 1.78. The van der Waals surface area contributed by atoms with Crippen LogP contribution in [0.4, 0.5) is 11.4 Å². The molecule has 0 saturated carbocycles. The van der Waals surface area contributed by atoms with Crippen LogP contribution < -0.4 is 9.62 Å². The number of aryl methyl sites for hydroxylation is 1. The molecule has 1 N–H and O–H groups in total. The molecule has 0 unspecified atom stereocenters. The van der Waals surface area contributed by atoms with Gasteiger partial charge in [-0.1, -0.05) is 53.5 Å². The lowest BCUT2D eigenvalue weighted by Crippen LogP contribution is -2.37. The Bertz CT molecular complexity index is 1340. The number of hydrogen-bond acceptors (Lipinski definition) is 3. The highest BCUT2D eigenvalue weighted by Crippen LogP contribution is 2.43. The first kappa shape index (κ1) is 21.4. The number of benzene rings is 3. The van der Waals surface area contributed by atoms with Crippen molar-refractivity contribution in [1.29, 1.82) is 0 Å². The van der Waals surface area contributed by atoms with E-state index in [9.17, 15) is 13.2 Å². The number of sulfonamides is 1. The Labute approximate surface area is 191 Å². The van der Waals surface area contributed by atoms with Crippen LogP contribution in [0.2, 0.25) is 10.0 Å². The van der Waals surface area contributed by atoms with Gasteiger partial charge in [0.1, 0.15) is 0 Å². The smallest absolute Gasteiger partial charge is 0.270 e. The van der Waals surface area contributed by atoms with Crippen molar-refractivity contribution in [2.75, 3.05) is 16.7 Å². The second kappa shape index (κ2) is 8.04. The zero-order chi connectivity index (χ0) is 22.3. The molecule has 0 bridgehead atoms. The molecule has 4 rings (SSSR count). The average molecular weight is 473 g/mol. The van der Waals surface area contributed by atoms with Gasteiger partial charge in [0.05, 0.1) is 5.69 Å². The maximum absolute atomic E-state index is 13.5. The molecule has 0 atom stereocenters. The molecule has 3 aromatic carbocycles. The molecule has 1 heterocycles. The number of carbonyl (C=O) groups is 1. The molecule has 0 spiro atoms. The van der Waals surface area contributed by atoms with Gasteiger partial charge >= 0.3 is 0 Å². The van der Waals surface area contributed by atoms with E-state index in [1.807, 2.05) is 6.07 Å². The Morgan fingerprint density at radius 3 is 2.26 bits per heavy atom. The number of halogens is 2. The van der Waals surface area contributed by atoms with Crippen molar-refractivity contribution in [2.45, 2.75) is 6.92 Å². The van der Waals surface area contributed by atoms with Crippen LogP contribution in [0.3, 0.4) is 0 Å². The largest absolute Gasteiger partial charge is 0.321 e. The lowest BCUT2D eigenvalue weighted by atomic mass is 9.95. The number of fused-ring (bicyclic) bond motifs is 1. The lowest BCUT2D eigenvalue weighted by molar-refractivity contribution is -0.112. The van der Waals surface area contributed by atoms with E-state index in [0.717, 1.165) is 4.31 Å². The third kappa shape index (κ3) is 3.83. The Kier molecular flexibility index (Phi) is 5.56. The Morgan fingerprint density at radius 2 is 1.58 bits per heavy atom. The van der Waals surface area contributed by atoms with Crippen LogP contribution in [0.25, 0.3) is 5.57 Å². The van der Waals surface area contributed by atoms with Crippen molar-refractivity contribution < 1.29 is 13.2 Å². The fraction of sp³-hybridized carbons (Fsp3) is 0.0870. The van der Waals surface area contributed by atoms with Crippen molar-refractivity contribution in [3.05, 3.63) is 98.4 Å². The predicted molar refractivity (Wildman–Crippen MR) is 126 cm³/mol. The van der Waals surface area contributed by atoms with E-state index in [4.69, 9.17) is 23.2 Å². The van der Waals surface area contributed by atoms with Crippen LogP contribution in [0.5, 0.6) is 0 Å². The molecular formula is C23H18Cl2N2O3S. The van der Waals surface area contributed by atoms with Gasteiger partial charge in [-0.15, -0.1) is 0 Å². The molecule has 1 aliphatic heterocycles. The van der Waals surface area contributed by atoms with E-state index in [1.54, 1.807) is 67.6 Å². The number of anilines is 2. The second-order valence-electron chi connectivity index (χ2n) is 7.12. The fourth-order valence-electron chi connectivity index (χ4n) is 3.57. The summed E-state index contributed by atoms with van der Waals surface area (Å²) < 4.78 is 28.0. The number of hydrogen-bond donors (Lipinski definition) is 1. The summed E-state index contributed by atoms with van der Waals surface area (Å²) in [6, 6.07) is 18.8. The molecular weight excluding hydrogens is 455 g/mol. The van der Waals surface area contributed by atoms with Gasteiger partial charge < -0.3 is 5.32 Å². The molecule has 0 saturated heterocycles. The first-order valence-electron chi connectivity index (χ1n) is 9.36. The van der Waals surface area contributed by atoms with E-state index in [0.29, 0.717) is 43.7 Å². The lowest BCUT2D eigenvalue weighted by Gasteiger charge is -2.31. The molecule has 3 aromatic rings. The third-order valence-corrected chi connectivity index (χ3v) is 7.41. The van der Waals surface area contributed by atoms with Crippen LogP contribution in [0, 0.1) is 6.92 Å². The van der Waals surface area contributed by atoms with Crippen molar-refractivity contribution in [2.24, 2.45) is 0 Å². The summed E-state index contributed by atoms with van der Waals surface area (Å²) in [6.07, 6.45) is 0. The Balaban J connectivity index is 1.98. The molecule has 0 radical (unpaired) electrons. The van der Waals surface area contributed by atoms with E-state index < -0.39 is 15.9 Å². The second-order valence-corrected chi connectivity index (χ2v) is 9.90. The normalized spacial score (nSPS) is 14.9. The summed E-state index contributed by atoms with van der Waals surface area (Å²) in [4.78, 5) is 13.1. The van der Waals surface area contributed by atoms with E-state index in [-0.39, 0.29) is 4.91 Å². The molecule has 1 amide bonds. The highest BCUT2D eigenvalue weighted by Gasteiger charge is 2.39. The first-order chi connectivity index (χ1) is 14.7. The number of rotatable bonds is 3. The molecule has 31 heavy (non-hydrogen) atoms. The molecule has 0 aliphatic carbocycles. The summed E-state index contributed by atoms with van der Waals surface area (Å²) >= 11 is 12.2. The number of amides is 1. The van der Waals surface area contributed by atoms with Gasteiger partial charge in [0, 0.05) is 33.9 Å². The summed E-state index contributed by atoms with van der Waals surface area (Å²) in [5.41, 5.74) is 3.11. The molecule has 1 aliphatic rings. The van der Waals surface area contributed by atoms with Crippen molar-refractivity contribution in [3.63, 3.8) is 0 Å². The third-order valence-electron chi connectivity index (χ3n) is 5.12. The first-order valence-corrected chi connectivity index (χ1v) is 11.6.